The van der Waals surface area contributed by atoms with Crippen molar-refractivity contribution in [1.82, 2.24) is 0 Å². The third-order valence-corrected chi connectivity index (χ3v) is 0.535. The summed E-state index contributed by atoms with van der Waals surface area (Å²) in [5.41, 5.74) is 0. The van der Waals surface area contributed by atoms with E-state index < -0.39 is 5.97 Å². The smallest absolute Gasteiger partial charge is 0.329 e. The predicted molar refractivity (Wildman–Crippen MR) is 28.7 cm³/mol. The fourth-order valence-electron chi connectivity index (χ4n) is 0.235. The van der Waals surface area contributed by atoms with E-state index in [2.05, 4.69) is 5.11 Å². The average molecular weight is 120 g/mol. The Hall–Kier alpha value is -0.570. The molecule has 0 aromatic rings. The van der Waals surface area contributed by atoms with Crippen LogP contribution in [0.1, 0.15) is 13.8 Å². The SMILES string of the molecule is [3H]OC(=O)COC(C)C. The second-order valence-electron chi connectivity index (χ2n) is 1.73. The first-order chi connectivity index (χ1) is 4.16. The molecule has 0 saturated heterocycles. The Morgan fingerprint density at radius 2 is 2.62 bits per heavy atom. The maximum absolute atomic E-state index is 10.2. The van der Waals surface area contributed by atoms with E-state index >= 15 is 0 Å². The molecule has 0 fully saturated rings. The van der Waals surface area contributed by atoms with Crippen LogP contribution in [0.15, 0.2) is 0 Å². The largest absolute Gasteiger partial charge is 0.480 e. The van der Waals surface area contributed by atoms with E-state index in [0.29, 0.717) is 0 Å². The molecule has 0 saturated carbocycles. The second-order valence-corrected chi connectivity index (χ2v) is 1.73. The van der Waals surface area contributed by atoms with Crippen LogP contribution in [-0.4, -0.2) is 23.8 Å². The van der Waals surface area contributed by atoms with Gasteiger partial charge in [0.05, 0.1) is 6.10 Å². The van der Waals surface area contributed by atoms with Gasteiger partial charge in [0.2, 0.25) is 0 Å². The van der Waals surface area contributed by atoms with Gasteiger partial charge in [0, 0.05) is 0 Å². The van der Waals surface area contributed by atoms with Crippen LogP contribution in [0.4, 0.5) is 0 Å². The highest BCUT2D eigenvalue weighted by molar-refractivity contribution is 5.67. The lowest BCUT2D eigenvalue weighted by atomic mass is 10.5. The minimum Gasteiger partial charge on any atom is -0.480 e. The summed E-state index contributed by atoms with van der Waals surface area (Å²) in [6.07, 6.45) is 0.00380. The Labute approximate surface area is 49.8 Å². The van der Waals surface area contributed by atoms with E-state index in [1.165, 1.54) is 0 Å². The van der Waals surface area contributed by atoms with E-state index in [-0.39, 0.29) is 12.7 Å². The third-order valence-electron chi connectivity index (χ3n) is 0.535. The second kappa shape index (κ2) is 3.43. The van der Waals surface area contributed by atoms with Gasteiger partial charge in [-0.25, -0.2) is 4.79 Å². The molecule has 1 N–H and O–H groups in total. The minimum atomic E-state index is -0.663. The molecule has 0 heterocycles. The normalized spacial score (nSPS) is 11.1. The number of hydrogen-bond donors (Lipinski definition) is 1. The number of carboxylic acids is 1. The van der Waals surface area contributed by atoms with Crippen LogP contribution in [-0.2, 0) is 9.53 Å². The zero-order chi connectivity index (χ0) is 7.28. The van der Waals surface area contributed by atoms with Crippen LogP contribution in [0.25, 0.3) is 1.43 Å². The molecule has 0 atom stereocenters. The molecule has 0 aromatic carbocycles. The number of rotatable bonds is 3. The van der Waals surface area contributed by atoms with Crippen molar-refractivity contribution >= 4 is 5.97 Å². The lowest BCUT2D eigenvalue weighted by Crippen LogP contribution is -2.11. The van der Waals surface area contributed by atoms with Gasteiger partial charge in [-0.05, 0) is 13.8 Å². The molecule has 3 nitrogen and oxygen atoms in total. The molecule has 0 aliphatic rings. The fraction of sp³-hybridized carbons (Fsp3) is 0.800. The predicted octanol–water partition coefficient (Wildman–Crippen LogP) is 0.496. The van der Waals surface area contributed by atoms with Gasteiger partial charge < -0.3 is 9.85 Å². The molecular formula is C5H10O3. The monoisotopic (exact) mass is 120 g/mol. The van der Waals surface area contributed by atoms with Crippen LogP contribution in [0.3, 0.4) is 0 Å². The van der Waals surface area contributed by atoms with Crippen molar-refractivity contribution in [3.63, 3.8) is 0 Å². The van der Waals surface area contributed by atoms with Gasteiger partial charge in [0.15, 0.2) is 0 Å². The Morgan fingerprint density at radius 3 is 3.00 bits per heavy atom. The molecular weight excluding hydrogens is 108 g/mol. The minimum absolute atomic E-state index is 0.00380. The van der Waals surface area contributed by atoms with E-state index in [9.17, 15) is 4.79 Å². The molecule has 0 radical (unpaired) electrons. The molecule has 48 valence electrons. The van der Waals surface area contributed by atoms with Crippen molar-refractivity contribution in [3.05, 3.63) is 0 Å². The highest BCUT2D eigenvalue weighted by Crippen LogP contribution is 1.84. The lowest BCUT2D eigenvalue weighted by Gasteiger charge is -2.01. The van der Waals surface area contributed by atoms with E-state index in [1.807, 2.05) is 0 Å². The first-order valence-corrected chi connectivity index (χ1v) is 2.44. The zero-order valence-electron chi connectivity index (χ0n) is 6.01. The zero-order valence-corrected chi connectivity index (χ0v) is 5.01. The topological polar surface area (TPSA) is 46.5 Å². The number of carboxylic acid groups (broad SMARTS) is 1. The number of aliphatic carboxylic acids is 1. The fourth-order valence-corrected chi connectivity index (χ4v) is 0.235. The van der Waals surface area contributed by atoms with Crippen LogP contribution in [0.5, 0.6) is 0 Å². The van der Waals surface area contributed by atoms with Gasteiger partial charge in [0.1, 0.15) is 6.61 Å². The van der Waals surface area contributed by atoms with Gasteiger partial charge in [-0.2, -0.15) is 0 Å². The molecule has 0 spiro atoms. The maximum Gasteiger partial charge on any atom is 0.329 e. The molecule has 0 unspecified atom stereocenters. The highest BCUT2D eigenvalue weighted by atomic mass is 16.5. The summed E-state index contributed by atoms with van der Waals surface area (Å²) in [5, 5.41) is 3.59. The van der Waals surface area contributed by atoms with Crippen molar-refractivity contribution in [3.8, 4) is 0 Å². The van der Waals surface area contributed by atoms with Crippen LogP contribution >= 0.6 is 0 Å². The standard InChI is InChI=1S/C5H10O3/c1-4(2)8-3-5(6)7/h4H,3H2,1-2H3,(H,6,7)/i/hT. The molecule has 0 amide bonds. The summed E-state index contributed by atoms with van der Waals surface area (Å²) >= 11 is 0. The van der Waals surface area contributed by atoms with Gasteiger partial charge in [0.25, 0.3) is 1.43 Å². The quantitative estimate of drug-likeness (QED) is 0.589. The van der Waals surface area contributed by atoms with E-state index in [0.717, 1.165) is 0 Å². The van der Waals surface area contributed by atoms with Crippen molar-refractivity contribution in [1.29, 1.82) is 1.43 Å². The number of carbonyl (C=O) groups is 1. The number of hydrogen-bond acceptors (Lipinski definition) is 3. The summed E-state index contributed by atoms with van der Waals surface area (Å²) in [6.45, 7) is 3.47. The van der Waals surface area contributed by atoms with Crippen molar-refractivity contribution in [2.24, 2.45) is 0 Å². The van der Waals surface area contributed by atoms with Gasteiger partial charge in [-0.3, -0.25) is 0 Å². The van der Waals surface area contributed by atoms with Crippen molar-refractivity contribution in [2.75, 3.05) is 6.61 Å². The van der Waals surface area contributed by atoms with Crippen molar-refractivity contribution in [2.45, 2.75) is 20.0 Å². The van der Waals surface area contributed by atoms with Gasteiger partial charge >= 0.3 is 5.97 Å². The molecule has 0 aromatic heterocycles. The Kier molecular flexibility index (Phi) is 2.39. The molecule has 0 bridgehead atoms. The summed E-state index contributed by atoms with van der Waals surface area (Å²) in [6, 6.07) is 0. The molecule has 0 aliphatic carbocycles. The first kappa shape index (κ1) is 5.56. The van der Waals surface area contributed by atoms with Gasteiger partial charge in [-0.15, -0.1) is 0 Å². The van der Waals surface area contributed by atoms with Crippen molar-refractivity contribution < 1.29 is 14.6 Å². The highest BCUT2D eigenvalue weighted by Gasteiger charge is 1.97. The summed E-state index contributed by atoms with van der Waals surface area (Å²) in [4.78, 5) is 10.2. The van der Waals surface area contributed by atoms with Crippen LogP contribution < -0.4 is 0 Å². The Bertz CT molecular complexity index is 92.2. The summed E-state index contributed by atoms with van der Waals surface area (Å²) < 4.78 is 10.9. The summed E-state index contributed by atoms with van der Waals surface area (Å²) in [5.74, 6) is -0.663. The van der Waals surface area contributed by atoms with E-state index in [1.54, 1.807) is 13.8 Å². The Morgan fingerprint density at radius 1 is 2.00 bits per heavy atom. The molecule has 0 aliphatic heterocycles. The van der Waals surface area contributed by atoms with Crippen LogP contribution in [0, 0.1) is 0 Å². The van der Waals surface area contributed by atoms with Crippen LogP contribution in [0.2, 0.25) is 0 Å². The number of ether oxygens (including phenoxy) is 1. The maximum atomic E-state index is 10.2. The third kappa shape index (κ3) is 5.43. The molecule has 0 rings (SSSR count). The van der Waals surface area contributed by atoms with Gasteiger partial charge in [-0.1, -0.05) is 0 Å². The lowest BCUT2D eigenvalue weighted by molar-refractivity contribution is -0.143. The molecule has 3 heteroatoms. The molecule has 8 heavy (non-hydrogen) atoms. The summed E-state index contributed by atoms with van der Waals surface area (Å²) in [7, 11) is 0. The average Bonchev–Trinajstić information content (AvgIpc) is 1.83. The Balaban J connectivity index is 3.17. The van der Waals surface area contributed by atoms with E-state index in [4.69, 9.17) is 6.17 Å². The first-order valence-electron chi connectivity index (χ1n) is 2.85.